The average molecular weight is 277 g/mol. The summed E-state index contributed by atoms with van der Waals surface area (Å²) in [6.07, 6.45) is -4.73. The second-order valence-electron chi connectivity index (χ2n) is 4.42. The second-order valence-corrected chi connectivity index (χ2v) is 4.42. The molecule has 3 nitrogen and oxygen atoms in total. The standard InChI is InChI=1S/C12H11F4NO2/c13-10-2-1-8(4-9(10)12(14,15)16)17-5-7(6-18)3-11(17)19/h1-2,4,7,18H,3,5-6H2. The van der Waals surface area contributed by atoms with Crippen molar-refractivity contribution in [1.82, 2.24) is 0 Å². The first-order valence-electron chi connectivity index (χ1n) is 5.61. The van der Waals surface area contributed by atoms with E-state index < -0.39 is 17.6 Å². The maximum Gasteiger partial charge on any atom is 0.419 e. The van der Waals surface area contributed by atoms with E-state index in [0.29, 0.717) is 12.1 Å². The Bertz CT molecular complexity index is 501. The molecule has 1 amide bonds. The smallest absolute Gasteiger partial charge is 0.396 e. The van der Waals surface area contributed by atoms with E-state index in [4.69, 9.17) is 5.11 Å². The maximum absolute atomic E-state index is 13.1. The molecule has 2 rings (SSSR count). The fourth-order valence-electron chi connectivity index (χ4n) is 2.05. The summed E-state index contributed by atoms with van der Waals surface area (Å²) in [6.45, 7) is -0.0756. The second kappa shape index (κ2) is 4.80. The lowest BCUT2D eigenvalue weighted by Gasteiger charge is -2.18. The van der Waals surface area contributed by atoms with Crippen molar-refractivity contribution in [2.24, 2.45) is 5.92 Å². The number of aliphatic hydroxyl groups excluding tert-OH is 1. The van der Waals surface area contributed by atoms with Gasteiger partial charge in [-0.05, 0) is 18.2 Å². The minimum Gasteiger partial charge on any atom is -0.396 e. The molecule has 1 atom stereocenters. The van der Waals surface area contributed by atoms with Crippen LogP contribution in [0, 0.1) is 11.7 Å². The molecule has 0 saturated carbocycles. The van der Waals surface area contributed by atoms with Crippen LogP contribution < -0.4 is 4.90 Å². The van der Waals surface area contributed by atoms with Gasteiger partial charge in [-0.2, -0.15) is 13.2 Å². The van der Waals surface area contributed by atoms with Crippen LogP contribution in [0.2, 0.25) is 0 Å². The van der Waals surface area contributed by atoms with Gasteiger partial charge in [-0.15, -0.1) is 0 Å². The number of carbonyl (C=O) groups is 1. The Kier molecular flexibility index (Phi) is 3.49. The highest BCUT2D eigenvalue weighted by Crippen LogP contribution is 2.35. The highest BCUT2D eigenvalue weighted by atomic mass is 19.4. The summed E-state index contributed by atoms with van der Waals surface area (Å²) in [6, 6.07) is 2.44. The SMILES string of the molecule is O=C1CC(CO)CN1c1ccc(F)c(C(F)(F)F)c1. The molecule has 1 heterocycles. The highest BCUT2D eigenvalue weighted by molar-refractivity contribution is 5.95. The lowest BCUT2D eigenvalue weighted by atomic mass is 10.1. The molecule has 1 fully saturated rings. The lowest BCUT2D eigenvalue weighted by Crippen LogP contribution is -2.25. The van der Waals surface area contributed by atoms with Crippen molar-refractivity contribution in [3.05, 3.63) is 29.6 Å². The molecule has 1 N–H and O–H groups in total. The van der Waals surface area contributed by atoms with Gasteiger partial charge < -0.3 is 10.0 Å². The highest BCUT2D eigenvalue weighted by Gasteiger charge is 2.36. The fraction of sp³-hybridized carbons (Fsp3) is 0.417. The predicted molar refractivity (Wildman–Crippen MR) is 58.9 cm³/mol. The zero-order valence-electron chi connectivity index (χ0n) is 9.75. The minimum atomic E-state index is -4.81. The molecule has 1 aliphatic heterocycles. The van der Waals surface area contributed by atoms with E-state index in [2.05, 4.69) is 0 Å². The van der Waals surface area contributed by atoms with Gasteiger partial charge in [0.2, 0.25) is 5.91 Å². The normalized spacial score (nSPS) is 20.2. The van der Waals surface area contributed by atoms with Crippen LogP contribution in [-0.4, -0.2) is 24.2 Å². The number of rotatable bonds is 2. The summed E-state index contributed by atoms with van der Waals surface area (Å²) in [5.41, 5.74) is -1.40. The van der Waals surface area contributed by atoms with Crippen molar-refractivity contribution in [2.75, 3.05) is 18.1 Å². The quantitative estimate of drug-likeness (QED) is 0.842. The van der Waals surface area contributed by atoms with Crippen molar-refractivity contribution in [2.45, 2.75) is 12.6 Å². The molecule has 0 spiro atoms. The molecule has 1 aliphatic rings. The molecule has 1 saturated heterocycles. The van der Waals surface area contributed by atoms with Crippen LogP contribution in [0.3, 0.4) is 0 Å². The first-order chi connectivity index (χ1) is 8.82. The van der Waals surface area contributed by atoms with Gasteiger partial charge in [0.25, 0.3) is 0 Å². The number of hydrogen-bond acceptors (Lipinski definition) is 2. The molecule has 19 heavy (non-hydrogen) atoms. The number of anilines is 1. The van der Waals surface area contributed by atoms with Gasteiger partial charge in [-0.25, -0.2) is 4.39 Å². The summed E-state index contributed by atoms with van der Waals surface area (Å²) < 4.78 is 50.8. The van der Waals surface area contributed by atoms with Crippen molar-refractivity contribution >= 4 is 11.6 Å². The molecule has 0 aromatic heterocycles. The molecule has 1 unspecified atom stereocenters. The van der Waals surface area contributed by atoms with Gasteiger partial charge in [0.05, 0.1) is 5.56 Å². The first-order valence-corrected chi connectivity index (χ1v) is 5.61. The van der Waals surface area contributed by atoms with Crippen molar-refractivity contribution in [3.63, 3.8) is 0 Å². The van der Waals surface area contributed by atoms with Crippen LogP contribution in [-0.2, 0) is 11.0 Å². The molecule has 104 valence electrons. The minimum absolute atomic E-state index is 0.00493. The summed E-state index contributed by atoms with van der Waals surface area (Å²) in [5.74, 6) is -2.05. The molecule has 1 aromatic rings. The van der Waals surface area contributed by atoms with Gasteiger partial charge in [0.1, 0.15) is 5.82 Å². The molecular formula is C12H11F4NO2. The zero-order chi connectivity index (χ0) is 14.2. The van der Waals surface area contributed by atoms with Crippen molar-refractivity contribution < 1.29 is 27.5 Å². The predicted octanol–water partition coefficient (Wildman–Crippen LogP) is 2.19. The van der Waals surface area contributed by atoms with Gasteiger partial charge in [-0.3, -0.25) is 4.79 Å². The number of amides is 1. The molecule has 0 bridgehead atoms. The van der Waals surface area contributed by atoms with Crippen LogP contribution in [0.4, 0.5) is 23.2 Å². The fourth-order valence-corrected chi connectivity index (χ4v) is 2.05. The Morgan fingerprint density at radius 1 is 1.37 bits per heavy atom. The van der Waals surface area contributed by atoms with Crippen LogP contribution in [0.5, 0.6) is 0 Å². The Hall–Kier alpha value is -1.63. The van der Waals surface area contributed by atoms with Crippen LogP contribution in [0.1, 0.15) is 12.0 Å². The Labute approximate surface area is 106 Å². The average Bonchev–Trinajstić information content (AvgIpc) is 2.70. The molecule has 1 aromatic carbocycles. The number of halogens is 4. The number of hydrogen-bond donors (Lipinski definition) is 1. The zero-order valence-corrected chi connectivity index (χ0v) is 9.75. The Morgan fingerprint density at radius 3 is 2.58 bits per heavy atom. The van der Waals surface area contributed by atoms with Gasteiger partial charge in [0.15, 0.2) is 0 Å². The largest absolute Gasteiger partial charge is 0.419 e. The summed E-state index contributed by atoms with van der Waals surface area (Å²) in [5, 5.41) is 8.96. The van der Waals surface area contributed by atoms with E-state index in [0.717, 1.165) is 11.0 Å². The van der Waals surface area contributed by atoms with Gasteiger partial charge in [-0.1, -0.05) is 0 Å². The number of nitrogens with zero attached hydrogens (tertiary/aromatic N) is 1. The molecule has 0 radical (unpaired) electrons. The lowest BCUT2D eigenvalue weighted by molar-refractivity contribution is -0.140. The van der Waals surface area contributed by atoms with Crippen molar-refractivity contribution in [1.29, 1.82) is 0 Å². The topological polar surface area (TPSA) is 40.5 Å². The molecule has 7 heteroatoms. The number of benzene rings is 1. The third-order valence-electron chi connectivity index (χ3n) is 3.03. The first kappa shape index (κ1) is 13.8. The number of carbonyl (C=O) groups excluding carboxylic acids is 1. The number of alkyl halides is 3. The van der Waals surface area contributed by atoms with Gasteiger partial charge in [0, 0.05) is 31.2 Å². The Morgan fingerprint density at radius 2 is 2.05 bits per heavy atom. The van der Waals surface area contributed by atoms with Crippen LogP contribution >= 0.6 is 0 Å². The summed E-state index contributed by atoms with van der Waals surface area (Å²) in [4.78, 5) is 12.8. The maximum atomic E-state index is 13.1. The van der Waals surface area contributed by atoms with E-state index in [-0.39, 0.29) is 37.1 Å². The van der Waals surface area contributed by atoms with Crippen molar-refractivity contribution in [3.8, 4) is 0 Å². The van der Waals surface area contributed by atoms with E-state index >= 15 is 0 Å². The summed E-state index contributed by atoms with van der Waals surface area (Å²) in [7, 11) is 0. The van der Waals surface area contributed by atoms with Gasteiger partial charge >= 0.3 is 6.18 Å². The van der Waals surface area contributed by atoms with E-state index in [1.807, 2.05) is 0 Å². The summed E-state index contributed by atoms with van der Waals surface area (Å²) >= 11 is 0. The molecule has 0 aliphatic carbocycles. The monoisotopic (exact) mass is 277 g/mol. The van der Waals surface area contributed by atoms with Crippen LogP contribution in [0.25, 0.3) is 0 Å². The van der Waals surface area contributed by atoms with Crippen LogP contribution in [0.15, 0.2) is 18.2 Å². The Balaban J connectivity index is 2.34. The van der Waals surface area contributed by atoms with E-state index in [1.54, 1.807) is 0 Å². The number of aliphatic hydroxyl groups is 1. The van der Waals surface area contributed by atoms with E-state index in [9.17, 15) is 22.4 Å². The molecular weight excluding hydrogens is 266 g/mol. The third-order valence-corrected chi connectivity index (χ3v) is 3.03. The van der Waals surface area contributed by atoms with E-state index in [1.165, 1.54) is 0 Å². The third kappa shape index (κ3) is 2.70.